The molecule has 6 heteroatoms. The first kappa shape index (κ1) is 13.1. The lowest BCUT2D eigenvalue weighted by Crippen LogP contribution is -2.36. The van der Waals surface area contributed by atoms with Crippen molar-refractivity contribution in [2.45, 2.75) is 13.3 Å². The number of aromatic amines is 1. The standard InChI is InChI=1S/C13H15N3O3/c1-2-16(8-12(18)19)11(17)6-9-7-15-13-10(9)4-3-5-14-13/h3-5,7H,2,6,8H2,1H3,(H,14,15)(H,18,19). The van der Waals surface area contributed by atoms with Gasteiger partial charge in [0.1, 0.15) is 12.2 Å². The summed E-state index contributed by atoms with van der Waals surface area (Å²) in [6.07, 6.45) is 3.59. The number of carboxylic acids is 1. The van der Waals surface area contributed by atoms with Crippen LogP contribution in [0, 0.1) is 0 Å². The maximum absolute atomic E-state index is 12.0. The van der Waals surface area contributed by atoms with Gasteiger partial charge in [0.2, 0.25) is 5.91 Å². The molecule has 0 aliphatic heterocycles. The maximum atomic E-state index is 12.0. The number of carboxylic acid groups (broad SMARTS) is 1. The maximum Gasteiger partial charge on any atom is 0.323 e. The van der Waals surface area contributed by atoms with E-state index in [1.54, 1.807) is 25.4 Å². The molecule has 1 amide bonds. The highest BCUT2D eigenvalue weighted by atomic mass is 16.4. The van der Waals surface area contributed by atoms with E-state index in [1.165, 1.54) is 4.90 Å². The number of carbonyl (C=O) groups is 2. The summed E-state index contributed by atoms with van der Waals surface area (Å²) in [5, 5.41) is 9.64. The fourth-order valence-electron chi connectivity index (χ4n) is 1.97. The Balaban J connectivity index is 2.16. The number of carbonyl (C=O) groups excluding carboxylic acids is 1. The molecule has 0 aromatic carbocycles. The van der Waals surface area contributed by atoms with Crippen LogP contribution < -0.4 is 0 Å². The summed E-state index contributed by atoms with van der Waals surface area (Å²) in [6.45, 7) is 1.87. The molecule has 0 fully saturated rings. The first-order chi connectivity index (χ1) is 9.11. The fourth-order valence-corrected chi connectivity index (χ4v) is 1.97. The van der Waals surface area contributed by atoms with Crippen LogP contribution >= 0.6 is 0 Å². The molecule has 2 N–H and O–H groups in total. The Morgan fingerprint density at radius 3 is 2.95 bits per heavy atom. The predicted molar refractivity (Wildman–Crippen MR) is 69.7 cm³/mol. The van der Waals surface area contributed by atoms with Crippen molar-refractivity contribution in [3.63, 3.8) is 0 Å². The van der Waals surface area contributed by atoms with Crippen LogP contribution in [0.15, 0.2) is 24.5 Å². The van der Waals surface area contributed by atoms with E-state index in [0.29, 0.717) is 6.54 Å². The topological polar surface area (TPSA) is 86.3 Å². The van der Waals surface area contributed by atoms with Gasteiger partial charge >= 0.3 is 5.97 Å². The highest BCUT2D eigenvalue weighted by molar-refractivity contribution is 5.88. The molecule has 2 aromatic rings. The van der Waals surface area contributed by atoms with Crippen LogP contribution in [0.5, 0.6) is 0 Å². The molecule has 2 heterocycles. The largest absolute Gasteiger partial charge is 0.480 e. The minimum absolute atomic E-state index is 0.173. The van der Waals surface area contributed by atoms with Crippen LogP contribution in [0.4, 0.5) is 0 Å². The average molecular weight is 261 g/mol. The Morgan fingerprint density at radius 2 is 2.26 bits per heavy atom. The van der Waals surface area contributed by atoms with Gasteiger partial charge in [0.15, 0.2) is 0 Å². The molecule has 0 radical (unpaired) electrons. The van der Waals surface area contributed by atoms with Gasteiger partial charge in [-0.2, -0.15) is 0 Å². The molecule has 0 unspecified atom stereocenters. The number of aliphatic carboxylic acids is 1. The van der Waals surface area contributed by atoms with Crippen molar-refractivity contribution in [1.82, 2.24) is 14.9 Å². The number of H-pyrrole nitrogens is 1. The van der Waals surface area contributed by atoms with E-state index in [4.69, 9.17) is 5.11 Å². The molecule has 0 spiro atoms. The second-order valence-electron chi connectivity index (χ2n) is 4.19. The first-order valence-electron chi connectivity index (χ1n) is 6.02. The molecule has 0 atom stereocenters. The predicted octanol–water partition coefficient (Wildman–Crippen LogP) is 1.04. The highest BCUT2D eigenvalue weighted by Crippen LogP contribution is 2.16. The molecule has 0 saturated carbocycles. The number of fused-ring (bicyclic) bond motifs is 1. The Morgan fingerprint density at radius 1 is 1.47 bits per heavy atom. The highest BCUT2D eigenvalue weighted by Gasteiger charge is 2.17. The lowest BCUT2D eigenvalue weighted by molar-refractivity contribution is -0.144. The normalized spacial score (nSPS) is 10.6. The van der Waals surface area contributed by atoms with Crippen LogP contribution in [0.3, 0.4) is 0 Å². The molecule has 0 aliphatic carbocycles. The van der Waals surface area contributed by atoms with Crippen LogP contribution in [0.1, 0.15) is 12.5 Å². The van der Waals surface area contributed by atoms with Gasteiger partial charge in [-0.3, -0.25) is 9.59 Å². The molecule has 0 saturated heterocycles. The first-order valence-corrected chi connectivity index (χ1v) is 6.02. The van der Waals surface area contributed by atoms with E-state index in [1.807, 2.05) is 6.07 Å². The summed E-state index contributed by atoms with van der Waals surface area (Å²) < 4.78 is 0. The van der Waals surface area contributed by atoms with Crippen molar-refractivity contribution in [2.75, 3.05) is 13.1 Å². The molecule has 19 heavy (non-hydrogen) atoms. The molecule has 100 valence electrons. The summed E-state index contributed by atoms with van der Waals surface area (Å²) in [4.78, 5) is 31.2. The third-order valence-corrected chi connectivity index (χ3v) is 2.94. The number of hydrogen-bond acceptors (Lipinski definition) is 3. The van der Waals surface area contributed by atoms with Gasteiger partial charge in [-0.05, 0) is 24.6 Å². The number of rotatable bonds is 5. The number of hydrogen-bond donors (Lipinski definition) is 2. The summed E-state index contributed by atoms with van der Waals surface area (Å²) in [6, 6.07) is 3.69. The van der Waals surface area contributed by atoms with Gasteiger partial charge in [-0.1, -0.05) is 0 Å². The van der Waals surface area contributed by atoms with Crippen molar-refractivity contribution in [2.24, 2.45) is 0 Å². The minimum Gasteiger partial charge on any atom is -0.480 e. The molecule has 6 nitrogen and oxygen atoms in total. The Kier molecular flexibility index (Phi) is 3.79. The number of nitrogens with zero attached hydrogens (tertiary/aromatic N) is 2. The number of nitrogens with one attached hydrogen (secondary N) is 1. The summed E-state index contributed by atoms with van der Waals surface area (Å²) in [5.74, 6) is -1.20. The second-order valence-corrected chi connectivity index (χ2v) is 4.19. The van der Waals surface area contributed by atoms with E-state index in [0.717, 1.165) is 16.6 Å². The molecule has 0 bridgehead atoms. The average Bonchev–Trinajstić information content (AvgIpc) is 2.79. The van der Waals surface area contributed by atoms with Crippen LogP contribution in [0.2, 0.25) is 0 Å². The van der Waals surface area contributed by atoms with E-state index in [9.17, 15) is 9.59 Å². The third kappa shape index (κ3) is 2.90. The quantitative estimate of drug-likeness (QED) is 0.842. The molecule has 2 aromatic heterocycles. The van der Waals surface area contributed by atoms with Crippen molar-refractivity contribution < 1.29 is 14.7 Å². The zero-order valence-electron chi connectivity index (χ0n) is 10.6. The van der Waals surface area contributed by atoms with E-state index >= 15 is 0 Å². The molecule has 2 rings (SSSR count). The van der Waals surface area contributed by atoms with Gasteiger partial charge in [0.25, 0.3) is 0 Å². The fraction of sp³-hybridized carbons (Fsp3) is 0.308. The van der Waals surface area contributed by atoms with E-state index in [-0.39, 0.29) is 18.9 Å². The van der Waals surface area contributed by atoms with Crippen molar-refractivity contribution in [1.29, 1.82) is 0 Å². The smallest absolute Gasteiger partial charge is 0.323 e. The van der Waals surface area contributed by atoms with E-state index < -0.39 is 5.97 Å². The Labute approximate surface area is 110 Å². The van der Waals surface area contributed by atoms with Gasteiger partial charge in [-0.15, -0.1) is 0 Å². The number of likely N-dealkylation sites (N-methyl/N-ethyl adjacent to an activating group) is 1. The lowest BCUT2D eigenvalue weighted by Gasteiger charge is -2.18. The Bertz CT molecular complexity index is 606. The van der Waals surface area contributed by atoms with Gasteiger partial charge in [0.05, 0.1) is 6.42 Å². The number of pyridine rings is 1. The zero-order valence-corrected chi connectivity index (χ0v) is 10.6. The summed E-state index contributed by atoms with van der Waals surface area (Å²) >= 11 is 0. The number of aromatic nitrogens is 2. The Hall–Kier alpha value is -2.37. The third-order valence-electron chi connectivity index (χ3n) is 2.94. The second kappa shape index (κ2) is 5.51. The summed E-state index contributed by atoms with van der Waals surface area (Å²) in [7, 11) is 0. The molecular weight excluding hydrogens is 246 g/mol. The molecular formula is C13H15N3O3. The van der Waals surface area contributed by atoms with Crippen LogP contribution in [0.25, 0.3) is 11.0 Å². The SMILES string of the molecule is CCN(CC(=O)O)C(=O)Cc1c[nH]c2ncccc12. The van der Waals surface area contributed by atoms with Crippen molar-refractivity contribution in [3.05, 3.63) is 30.1 Å². The van der Waals surface area contributed by atoms with Gasteiger partial charge in [0, 0.05) is 24.3 Å². The van der Waals surface area contributed by atoms with Crippen LogP contribution in [-0.4, -0.2) is 44.9 Å². The van der Waals surface area contributed by atoms with Gasteiger partial charge in [-0.25, -0.2) is 4.98 Å². The monoisotopic (exact) mass is 261 g/mol. The van der Waals surface area contributed by atoms with Gasteiger partial charge < -0.3 is 15.0 Å². The van der Waals surface area contributed by atoms with Crippen molar-refractivity contribution in [3.8, 4) is 0 Å². The van der Waals surface area contributed by atoms with Crippen LogP contribution in [-0.2, 0) is 16.0 Å². The minimum atomic E-state index is -1.00. The number of amides is 1. The summed E-state index contributed by atoms with van der Waals surface area (Å²) in [5.41, 5.74) is 1.56. The van der Waals surface area contributed by atoms with Crippen molar-refractivity contribution >= 4 is 22.9 Å². The molecule has 0 aliphatic rings. The lowest BCUT2D eigenvalue weighted by atomic mass is 10.1. The van der Waals surface area contributed by atoms with E-state index in [2.05, 4.69) is 9.97 Å². The zero-order chi connectivity index (χ0) is 13.8.